The SMILES string of the molecule is O=C1NCCCCC1Cc1ccn(C2CCCCC2)n1. The minimum absolute atomic E-state index is 0.118. The predicted octanol–water partition coefficient (Wildman–Crippen LogP) is 2.85. The largest absolute Gasteiger partial charge is 0.356 e. The maximum absolute atomic E-state index is 12.0. The van der Waals surface area contributed by atoms with Crippen LogP contribution in [0.25, 0.3) is 0 Å². The van der Waals surface area contributed by atoms with Crippen LogP contribution in [0, 0.1) is 5.92 Å². The Morgan fingerprint density at radius 3 is 2.80 bits per heavy atom. The monoisotopic (exact) mass is 275 g/mol. The molecule has 0 radical (unpaired) electrons. The smallest absolute Gasteiger partial charge is 0.223 e. The molecule has 20 heavy (non-hydrogen) atoms. The van der Waals surface area contributed by atoms with Crippen LogP contribution in [-0.2, 0) is 11.2 Å². The molecular weight excluding hydrogens is 250 g/mol. The predicted molar refractivity (Wildman–Crippen MR) is 78.4 cm³/mol. The van der Waals surface area contributed by atoms with Gasteiger partial charge in [0.05, 0.1) is 11.7 Å². The molecule has 1 aliphatic heterocycles. The van der Waals surface area contributed by atoms with Crippen molar-refractivity contribution in [3.63, 3.8) is 0 Å². The molecule has 1 amide bonds. The molecule has 1 aromatic heterocycles. The van der Waals surface area contributed by atoms with E-state index in [4.69, 9.17) is 5.10 Å². The molecule has 2 aliphatic rings. The van der Waals surface area contributed by atoms with Gasteiger partial charge in [0.15, 0.2) is 0 Å². The number of rotatable bonds is 3. The Balaban J connectivity index is 1.62. The van der Waals surface area contributed by atoms with Crippen LogP contribution in [0.5, 0.6) is 0 Å². The van der Waals surface area contributed by atoms with Crippen molar-refractivity contribution >= 4 is 5.91 Å². The van der Waals surface area contributed by atoms with Crippen LogP contribution < -0.4 is 5.32 Å². The average Bonchev–Trinajstić information content (AvgIpc) is 2.86. The van der Waals surface area contributed by atoms with Crippen LogP contribution in [0.4, 0.5) is 0 Å². The van der Waals surface area contributed by atoms with E-state index in [0.717, 1.165) is 37.9 Å². The second-order valence-corrected chi connectivity index (χ2v) is 6.27. The number of amides is 1. The fourth-order valence-corrected chi connectivity index (χ4v) is 3.49. The number of carbonyl (C=O) groups is 1. The zero-order valence-corrected chi connectivity index (χ0v) is 12.2. The molecule has 1 aliphatic carbocycles. The summed E-state index contributed by atoms with van der Waals surface area (Å²) in [5, 5.41) is 7.74. The molecule has 3 rings (SSSR count). The van der Waals surface area contributed by atoms with Gasteiger partial charge in [0.25, 0.3) is 0 Å². The summed E-state index contributed by atoms with van der Waals surface area (Å²) in [4.78, 5) is 12.0. The van der Waals surface area contributed by atoms with Crippen LogP contribution in [0.3, 0.4) is 0 Å². The molecule has 0 spiro atoms. The average molecular weight is 275 g/mol. The highest BCUT2D eigenvalue weighted by Crippen LogP contribution is 2.27. The maximum Gasteiger partial charge on any atom is 0.223 e. The van der Waals surface area contributed by atoms with E-state index < -0.39 is 0 Å². The van der Waals surface area contributed by atoms with Crippen molar-refractivity contribution in [3.8, 4) is 0 Å². The topological polar surface area (TPSA) is 46.9 Å². The number of nitrogens with one attached hydrogen (secondary N) is 1. The maximum atomic E-state index is 12.0. The number of hydrogen-bond acceptors (Lipinski definition) is 2. The Morgan fingerprint density at radius 2 is 1.95 bits per heavy atom. The van der Waals surface area contributed by atoms with Gasteiger partial charge in [-0.15, -0.1) is 0 Å². The molecule has 1 saturated heterocycles. The summed E-state index contributed by atoms with van der Waals surface area (Å²) in [6.07, 6.45) is 12.7. The van der Waals surface area contributed by atoms with Crippen LogP contribution in [0.2, 0.25) is 0 Å². The van der Waals surface area contributed by atoms with Crippen molar-refractivity contribution in [2.24, 2.45) is 5.92 Å². The molecule has 110 valence electrons. The highest BCUT2D eigenvalue weighted by atomic mass is 16.1. The molecule has 2 fully saturated rings. The third-order valence-corrected chi connectivity index (χ3v) is 4.72. The lowest BCUT2D eigenvalue weighted by Gasteiger charge is -2.21. The van der Waals surface area contributed by atoms with Crippen LogP contribution in [0.15, 0.2) is 12.3 Å². The quantitative estimate of drug-likeness (QED) is 0.922. The van der Waals surface area contributed by atoms with Crippen molar-refractivity contribution < 1.29 is 4.79 Å². The first-order valence-electron chi connectivity index (χ1n) is 8.14. The Kier molecular flexibility index (Phi) is 4.38. The normalized spacial score (nSPS) is 25.2. The fraction of sp³-hybridized carbons (Fsp3) is 0.750. The molecule has 1 N–H and O–H groups in total. The van der Waals surface area contributed by atoms with Gasteiger partial charge in [0, 0.05) is 25.1 Å². The Hall–Kier alpha value is -1.32. The third-order valence-electron chi connectivity index (χ3n) is 4.72. The van der Waals surface area contributed by atoms with E-state index >= 15 is 0 Å². The van der Waals surface area contributed by atoms with Crippen molar-refractivity contribution in [3.05, 3.63) is 18.0 Å². The highest BCUT2D eigenvalue weighted by molar-refractivity contribution is 5.79. The summed E-state index contributed by atoms with van der Waals surface area (Å²) in [6.45, 7) is 0.839. The summed E-state index contributed by atoms with van der Waals surface area (Å²) in [5.74, 6) is 0.335. The van der Waals surface area contributed by atoms with Gasteiger partial charge in [-0.3, -0.25) is 9.48 Å². The Bertz CT molecular complexity index is 448. The molecular formula is C16H25N3O. The molecule has 1 saturated carbocycles. The molecule has 4 heteroatoms. The molecule has 0 bridgehead atoms. The van der Waals surface area contributed by atoms with Crippen molar-refractivity contribution in [2.45, 2.75) is 63.8 Å². The van der Waals surface area contributed by atoms with E-state index in [1.807, 2.05) is 0 Å². The van der Waals surface area contributed by atoms with E-state index in [1.165, 1.54) is 32.1 Å². The van der Waals surface area contributed by atoms with Gasteiger partial charge >= 0.3 is 0 Å². The van der Waals surface area contributed by atoms with Crippen LogP contribution in [-0.4, -0.2) is 22.2 Å². The van der Waals surface area contributed by atoms with Crippen LogP contribution >= 0.6 is 0 Å². The van der Waals surface area contributed by atoms with Crippen molar-refractivity contribution in [2.75, 3.05) is 6.54 Å². The summed E-state index contributed by atoms with van der Waals surface area (Å²) in [7, 11) is 0. The second kappa shape index (κ2) is 6.42. The van der Waals surface area contributed by atoms with Gasteiger partial charge < -0.3 is 5.32 Å². The summed E-state index contributed by atoms with van der Waals surface area (Å²) >= 11 is 0. The summed E-state index contributed by atoms with van der Waals surface area (Å²) in [6, 6.07) is 2.69. The molecule has 0 aromatic carbocycles. The van der Waals surface area contributed by atoms with Gasteiger partial charge in [0.2, 0.25) is 5.91 Å². The minimum atomic E-state index is 0.118. The lowest BCUT2D eigenvalue weighted by atomic mass is 9.96. The lowest BCUT2D eigenvalue weighted by Crippen LogP contribution is -2.30. The van der Waals surface area contributed by atoms with E-state index in [1.54, 1.807) is 0 Å². The van der Waals surface area contributed by atoms with E-state index in [2.05, 4.69) is 22.3 Å². The third kappa shape index (κ3) is 3.22. The number of carbonyl (C=O) groups excluding carboxylic acids is 1. The standard InChI is InChI=1S/C16H25N3O/c20-16-13(6-4-5-10-17-16)12-14-9-11-19(18-14)15-7-2-1-3-8-15/h9,11,13,15H,1-8,10,12H2,(H,17,20). The molecule has 1 atom stereocenters. The summed E-state index contributed by atoms with van der Waals surface area (Å²) < 4.78 is 2.14. The Morgan fingerprint density at radius 1 is 1.15 bits per heavy atom. The van der Waals surface area contributed by atoms with Gasteiger partial charge in [-0.25, -0.2) is 0 Å². The molecule has 1 unspecified atom stereocenters. The van der Waals surface area contributed by atoms with Gasteiger partial charge in [-0.1, -0.05) is 25.7 Å². The Labute approximate surface area is 120 Å². The number of hydrogen-bond donors (Lipinski definition) is 1. The zero-order chi connectivity index (χ0) is 13.8. The van der Waals surface area contributed by atoms with Gasteiger partial charge in [-0.05, 0) is 31.7 Å². The van der Waals surface area contributed by atoms with E-state index in [0.29, 0.717) is 6.04 Å². The molecule has 2 heterocycles. The number of nitrogens with zero attached hydrogens (tertiary/aromatic N) is 2. The second-order valence-electron chi connectivity index (χ2n) is 6.27. The minimum Gasteiger partial charge on any atom is -0.356 e. The van der Waals surface area contributed by atoms with E-state index in [-0.39, 0.29) is 11.8 Å². The van der Waals surface area contributed by atoms with Gasteiger partial charge in [0.1, 0.15) is 0 Å². The fourth-order valence-electron chi connectivity index (χ4n) is 3.49. The highest BCUT2D eigenvalue weighted by Gasteiger charge is 2.22. The number of aromatic nitrogens is 2. The van der Waals surface area contributed by atoms with Crippen molar-refractivity contribution in [1.82, 2.24) is 15.1 Å². The van der Waals surface area contributed by atoms with Gasteiger partial charge in [-0.2, -0.15) is 5.10 Å². The molecule has 1 aromatic rings. The summed E-state index contributed by atoms with van der Waals surface area (Å²) in [5.41, 5.74) is 1.08. The van der Waals surface area contributed by atoms with Crippen molar-refractivity contribution in [1.29, 1.82) is 0 Å². The molecule has 4 nitrogen and oxygen atoms in total. The first kappa shape index (κ1) is 13.7. The first-order chi connectivity index (χ1) is 9.83. The lowest BCUT2D eigenvalue weighted by molar-refractivity contribution is -0.124. The first-order valence-corrected chi connectivity index (χ1v) is 8.14. The zero-order valence-electron chi connectivity index (χ0n) is 12.2. The van der Waals surface area contributed by atoms with E-state index in [9.17, 15) is 4.79 Å². The van der Waals surface area contributed by atoms with Crippen LogP contribution in [0.1, 0.15) is 63.1 Å².